The van der Waals surface area contributed by atoms with Crippen molar-refractivity contribution in [2.45, 2.75) is 0 Å². The summed E-state index contributed by atoms with van der Waals surface area (Å²) in [6.45, 7) is 0. The van der Waals surface area contributed by atoms with Gasteiger partial charge in [-0.1, -0.05) is 0 Å². The molecule has 8 N–H and O–H groups in total. The third-order valence-corrected chi connectivity index (χ3v) is 0. The molecule has 0 heterocycles. The van der Waals surface area contributed by atoms with Crippen LogP contribution >= 0.6 is 7.82 Å². The molecule has 0 bridgehead atoms. The Hall–Kier alpha value is -1.35. The van der Waals surface area contributed by atoms with Crippen molar-refractivity contribution in [2.75, 3.05) is 0 Å². The number of phosphoric acid groups is 1. The Labute approximate surface area is 71.1 Å². The summed E-state index contributed by atoms with van der Waals surface area (Å²) in [6, 6.07) is 0. The van der Waals surface area contributed by atoms with Gasteiger partial charge in [0, 0.05) is 0 Å². The first-order chi connectivity index (χ1) is 5.46. The van der Waals surface area contributed by atoms with Gasteiger partial charge in [0.1, 0.15) is 0 Å². The Balaban J connectivity index is -0.000000117. The van der Waals surface area contributed by atoms with Gasteiger partial charge in [-0.3, -0.25) is 0 Å². The zero-order valence-electron chi connectivity index (χ0n) is 5.93. The largest absolute Gasteiger partial charge is 0.503 e. The molecule has 13 heavy (non-hydrogen) atoms. The highest BCUT2D eigenvalue weighted by atomic mass is 31.2. The highest BCUT2D eigenvalue weighted by Crippen LogP contribution is 2.25. The summed E-state index contributed by atoms with van der Waals surface area (Å²) in [7, 11) is -4.64. The van der Waals surface area contributed by atoms with Gasteiger partial charge in [0.2, 0.25) is 0 Å². The molecular formula is C2H8NO9P. The van der Waals surface area contributed by atoms with Crippen LogP contribution in [0.15, 0.2) is 0 Å². The van der Waals surface area contributed by atoms with Gasteiger partial charge in [0.05, 0.1) is 0 Å². The Morgan fingerprint density at radius 1 is 1.00 bits per heavy atom. The zero-order valence-corrected chi connectivity index (χ0v) is 6.83. The lowest BCUT2D eigenvalue weighted by atomic mass is 11.3. The van der Waals surface area contributed by atoms with Crippen molar-refractivity contribution in [2.24, 2.45) is 5.73 Å². The monoisotopic (exact) mass is 221 g/mol. The first kappa shape index (κ1) is 17.7. The molecule has 11 heteroatoms. The summed E-state index contributed by atoms with van der Waals surface area (Å²) < 4.78 is 8.88. The maximum atomic E-state index is 8.88. The first-order valence-electron chi connectivity index (χ1n) is 2.15. The first-order valence-corrected chi connectivity index (χ1v) is 3.72. The van der Waals surface area contributed by atoms with E-state index in [0.29, 0.717) is 0 Å². The van der Waals surface area contributed by atoms with Crippen molar-refractivity contribution in [3.63, 3.8) is 0 Å². The second-order valence-corrected chi connectivity index (χ2v) is 2.16. The number of hydrogen-bond donors (Lipinski definition) is 7. The molecule has 0 unspecified atom stereocenters. The van der Waals surface area contributed by atoms with E-state index in [9.17, 15) is 0 Å². The maximum Gasteiger partial charge on any atom is 0.503 e. The molecule has 0 radical (unpaired) electrons. The van der Waals surface area contributed by atoms with E-state index >= 15 is 0 Å². The van der Waals surface area contributed by atoms with Crippen LogP contribution in [0.3, 0.4) is 0 Å². The van der Waals surface area contributed by atoms with E-state index in [0.717, 1.165) is 0 Å². The number of nitrogens with two attached hydrogens (primary N) is 1. The van der Waals surface area contributed by atoms with Gasteiger partial charge >= 0.3 is 20.1 Å². The third kappa shape index (κ3) is 437. The minimum atomic E-state index is -4.64. The number of amides is 1. The van der Waals surface area contributed by atoms with Crippen LogP contribution in [0.1, 0.15) is 0 Å². The zero-order chi connectivity index (χ0) is 11.7. The lowest BCUT2D eigenvalue weighted by molar-refractivity contribution is 0.136. The standard InChI is InChI=1S/CH3NO2.CH2O3.H3O4P/c2*2-1(3)4;1-5(2,3)4/h2H2,(H,3,4);(H2,2,3,4);(H3,1,2,3,4). The van der Waals surface area contributed by atoms with E-state index in [-0.39, 0.29) is 0 Å². The van der Waals surface area contributed by atoms with Crippen LogP contribution in [0.2, 0.25) is 0 Å². The van der Waals surface area contributed by atoms with Crippen LogP contribution in [0.25, 0.3) is 0 Å². The Morgan fingerprint density at radius 2 is 1.00 bits per heavy atom. The van der Waals surface area contributed by atoms with Gasteiger partial charge in [-0.2, -0.15) is 0 Å². The SMILES string of the molecule is NC(=O)O.O=C(O)O.O=P(O)(O)O. The number of rotatable bonds is 0. The van der Waals surface area contributed by atoms with Gasteiger partial charge in [-0.15, -0.1) is 0 Å². The van der Waals surface area contributed by atoms with Gasteiger partial charge in [0.15, 0.2) is 0 Å². The molecule has 0 aromatic heterocycles. The minimum absolute atomic E-state index is 1.33. The molecule has 0 aromatic carbocycles. The lowest BCUT2D eigenvalue weighted by Gasteiger charge is -1.82. The molecule has 0 saturated carbocycles. The average Bonchev–Trinajstić information content (AvgIpc) is 1.50. The molecule has 0 fully saturated rings. The normalized spacial score (nSPS) is 8.23. The molecule has 0 spiro atoms. The second-order valence-electron chi connectivity index (χ2n) is 1.13. The molecule has 0 saturated heterocycles. The van der Waals surface area contributed by atoms with Crippen molar-refractivity contribution in [1.29, 1.82) is 0 Å². The summed E-state index contributed by atoms with van der Waals surface area (Å²) >= 11 is 0. The molecular weight excluding hydrogens is 213 g/mol. The average molecular weight is 221 g/mol. The lowest BCUT2D eigenvalue weighted by Crippen LogP contribution is -2.03. The van der Waals surface area contributed by atoms with Gasteiger partial charge in [0.25, 0.3) is 0 Å². The van der Waals surface area contributed by atoms with Crippen LogP contribution in [-0.4, -0.2) is 42.2 Å². The van der Waals surface area contributed by atoms with Crippen LogP contribution in [0.5, 0.6) is 0 Å². The van der Waals surface area contributed by atoms with E-state index in [4.69, 9.17) is 44.2 Å². The summed E-state index contributed by atoms with van der Waals surface area (Å²) in [5, 5.41) is 21.1. The van der Waals surface area contributed by atoms with Gasteiger partial charge in [-0.05, 0) is 0 Å². The van der Waals surface area contributed by atoms with Crippen LogP contribution < -0.4 is 5.73 Å². The Kier molecular flexibility index (Phi) is 11.9. The molecule has 1 amide bonds. The highest BCUT2D eigenvalue weighted by Gasteiger charge is 2.00. The fourth-order valence-electron chi connectivity index (χ4n) is 0. The molecule has 0 rings (SSSR count). The molecule has 0 aliphatic rings. The minimum Gasteiger partial charge on any atom is -0.465 e. The maximum absolute atomic E-state index is 8.88. The fraction of sp³-hybridized carbons (Fsp3) is 0. The molecule has 0 aliphatic carbocycles. The quantitative estimate of drug-likeness (QED) is 0.248. The van der Waals surface area contributed by atoms with E-state index in [1.54, 1.807) is 0 Å². The summed E-state index contributed by atoms with van der Waals surface area (Å²) in [5.41, 5.74) is 4.03. The smallest absolute Gasteiger partial charge is 0.465 e. The number of hydrogen-bond acceptors (Lipinski definition) is 3. The van der Waals surface area contributed by atoms with Crippen molar-refractivity contribution in [1.82, 2.24) is 0 Å². The highest BCUT2D eigenvalue weighted by molar-refractivity contribution is 7.45. The third-order valence-electron chi connectivity index (χ3n) is 0. The van der Waals surface area contributed by atoms with E-state index in [1.807, 2.05) is 0 Å². The Bertz CT molecular complexity index is 166. The number of primary amides is 1. The van der Waals surface area contributed by atoms with Crippen molar-refractivity contribution in [3.8, 4) is 0 Å². The predicted octanol–water partition coefficient (Wildman–Crippen LogP) is -1.08. The molecule has 0 atom stereocenters. The number of carbonyl (C=O) groups is 2. The summed E-state index contributed by atoms with van der Waals surface area (Å²) in [4.78, 5) is 38.9. The van der Waals surface area contributed by atoms with E-state index in [1.165, 1.54) is 0 Å². The van der Waals surface area contributed by atoms with Crippen LogP contribution in [0, 0.1) is 0 Å². The van der Waals surface area contributed by atoms with Crippen LogP contribution in [0.4, 0.5) is 9.59 Å². The van der Waals surface area contributed by atoms with E-state index < -0.39 is 20.1 Å². The van der Waals surface area contributed by atoms with Gasteiger partial charge in [-0.25, -0.2) is 14.2 Å². The van der Waals surface area contributed by atoms with Gasteiger partial charge < -0.3 is 35.7 Å². The van der Waals surface area contributed by atoms with E-state index in [2.05, 4.69) is 5.73 Å². The molecule has 10 nitrogen and oxygen atoms in total. The molecule has 0 aromatic rings. The predicted molar refractivity (Wildman–Crippen MR) is 37.1 cm³/mol. The number of carboxylic acid groups (broad SMARTS) is 3. The van der Waals surface area contributed by atoms with Crippen molar-refractivity contribution >= 4 is 20.1 Å². The second kappa shape index (κ2) is 8.74. The fourth-order valence-corrected chi connectivity index (χ4v) is 0. The summed E-state index contributed by atoms with van der Waals surface area (Å²) in [6.07, 6.45) is -3.17. The molecule has 0 aliphatic heterocycles. The molecule has 80 valence electrons. The van der Waals surface area contributed by atoms with Crippen molar-refractivity contribution < 1.29 is 44.2 Å². The Morgan fingerprint density at radius 3 is 1.00 bits per heavy atom. The van der Waals surface area contributed by atoms with Crippen LogP contribution in [-0.2, 0) is 4.57 Å². The topological polar surface area (TPSA) is 199 Å². The van der Waals surface area contributed by atoms with Crippen molar-refractivity contribution in [3.05, 3.63) is 0 Å². The summed E-state index contributed by atoms with van der Waals surface area (Å²) in [5.74, 6) is 0.